The molecule has 0 radical (unpaired) electrons. The van der Waals surface area contributed by atoms with Crippen molar-refractivity contribution in [3.63, 3.8) is 0 Å². The zero-order valence-electron chi connectivity index (χ0n) is 23.5. The number of fused-ring (bicyclic) bond motifs is 1. The monoisotopic (exact) mass is 570 g/mol. The standard InChI is InChI=1S/C31H30N4O5S/c1-7-16-40-29(39)27-18(3)33-30(41-27)35-24(19-11-13-20(14-12-19)31(4,5)6)22(26(37)28(35)38)25(36)23-17(2)32-21-10-8-9-15-34(21)23/h7-15,24,36H,1,16H2,2-6H3/b25-22+. The van der Waals surface area contributed by atoms with E-state index in [0.717, 1.165) is 16.9 Å². The number of benzene rings is 1. The Kier molecular flexibility index (Phi) is 7.12. The van der Waals surface area contributed by atoms with E-state index in [-0.39, 0.29) is 33.4 Å². The summed E-state index contributed by atoms with van der Waals surface area (Å²) in [6, 6.07) is 12.0. The number of pyridine rings is 1. The fourth-order valence-electron chi connectivity index (χ4n) is 4.91. The molecule has 5 rings (SSSR count). The first kappa shape index (κ1) is 28.0. The van der Waals surface area contributed by atoms with Gasteiger partial charge in [0.25, 0.3) is 5.78 Å². The van der Waals surface area contributed by atoms with Crippen molar-refractivity contribution in [2.75, 3.05) is 11.5 Å². The van der Waals surface area contributed by atoms with Gasteiger partial charge in [-0.05, 0) is 42.5 Å². The summed E-state index contributed by atoms with van der Waals surface area (Å²) < 4.78 is 6.86. The van der Waals surface area contributed by atoms with Crippen LogP contribution in [0.25, 0.3) is 11.4 Å². The van der Waals surface area contributed by atoms with Crippen LogP contribution in [0.15, 0.2) is 66.9 Å². The van der Waals surface area contributed by atoms with Crippen LogP contribution in [0.2, 0.25) is 0 Å². The lowest BCUT2D eigenvalue weighted by Gasteiger charge is -2.24. The van der Waals surface area contributed by atoms with Gasteiger partial charge in [-0.1, -0.05) is 75.1 Å². The van der Waals surface area contributed by atoms with Crippen molar-refractivity contribution in [2.45, 2.75) is 46.1 Å². The average Bonchev–Trinajstić information content (AvgIpc) is 3.56. The lowest BCUT2D eigenvalue weighted by molar-refractivity contribution is -0.132. The number of nitrogens with zero attached hydrogens (tertiary/aromatic N) is 4. The maximum Gasteiger partial charge on any atom is 0.350 e. The minimum atomic E-state index is -1.000. The average molecular weight is 571 g/mol. The van der Waals surface area contributed by atoms with Gasteiger partial charge in [0.15, 0.2) is 10.9 Å². The molecule has 9 nitrogen and oxygen atoms in total. The second kappa shape index (κ2) is 10.4. The van der Waals surface area contributed by atoms with Crippen molar-refractivity contribution < 1.29 is 24.2 Å². The molecule has 0 bridgehead atoms. The zero-order valence-corrected chi connectivity index (χ0v) is 24.3. The van der Waals surface area contributed by atoms with Gasteiger partial charge in [0.05, 0.1) is 23.0 Å². The zero-order chi connectivity index (χ0) is 29.6. The number of anilines is 1. The third-order valence-corrected chi connectivity index (χ3v) is 8.11. The molecule has 0 aliphatic carbocycles. The Morgan fingerprint density at radius 2 is 1.80 bits per heavy atom. The minimum absolute atomic E-state index is 0.0226. The predicted molar refractivity (Wildman–Crippen MR) is 157 cm³/mol. The summed E-state index contributed by atoms with van der Waals surface area (Å²) in [7, 11) is 0. The molecule has 1 N–H and O–H groups in total. The van der Waals surface area contributed by atoms with Crippen LogP contribution in [0.5, 0.6) is 0 Å². The summed E-state index contributed by atoms with van der Waals surface area (Å²) >= 11 is 0.955. The Hall–Kier alpha value is -4.57. The first-order chi connectivity index (χ1) is 19.4. The van der Waals surface area contributed by atoms with Crippen LogP contribution in [-0.2, 0) is 19.7 Å². The Morgan fingerprint density at radius 1 is 1.10 bits per heavy atom. The van der Waals surface area contributed by atoms with Crippen LogP contribution in [0.1, 0.15) is 64.7 Å². The van der Waals surface area contributed by atoms with Gasteiger partial charge in [-0.2, -0.15) is 0 Å². The Bertz CT molecular complexity index is 1740. The fourth-order valence-corrected chi connectivity index (χ4v) is 5.90. The van der Waals surface area contributed by atoms with Crippen molar-refractivity contribution in [1.82, 2.24) is 14.4 Å². The number of hydrogen-bond donors (Lipinski definition) is 1. The number of aromatic nitrogens is 3. The number of ether oxygens (including phenoxy) is 1. The van der Waals surface area contributed by atoms with E-state index < -0.39 is 23.7 Å². The highest BCUT2D eigenvalue weighted by Gasteiger charge is 2.49. The maximum atomic E-state index is 13.7. The van der Waals surface area contributed by atoms with E-state index in [4.69, 9.17) is 4.74 Å². The third-order valence-electron chi connectivity index (χ3n) is 6.97. The highest BCUT2D eigenvalue weighted by Crippen LogP contribution is 2.44. The van der Waals surface area contributed by atoms with Gasteiger partial charge in [0.1, 0.15) is 22.8 Å². The SMILES string of the molecule is C=CCOC(=O)c1sc(N2C(=O)C(=O)/C(=C(/O)c3c(C)nc4ccccn34)C2c2ccc(C(C)(C)C)cc2)nc1C. The number of carbonyl (C=O) groups is 3. The molecule has 1 aromatic carbocycles. The first-order valence-electron chi connectivity index (χ1n) is 13.0. The number of carbonyl (C=O) groups excluding carboxylic acids is 3. The van der Waals surface area contributed by atoms with Crippen LogP contribution in [0.4, 0.5) is 5.13 Å². The van der Waals surface area contributed by atoms with Crippen LogP contribution in [0.3, 0.4) is 0 Å². The molecular formula is C31H30N4O5S. The minimum Gasteiger partial charge on any atom is -0.505 e. The number of ketones is 1. The topological polar surface area (TPSA) is 114 Å². The Labute approximate surface area is 241 Å². The van der Waals surface area contributed by atoms with E-state index in [0.29, 0.717) is 28.3 Å². The van der Waals surface area contributed by atoms with Gasteiger partial charge in [-0.15, -0.1) is 0 Å². The van der Waals surface area contributed by atoms with Crippen molar-refractivity contribution >= 4 is 45.5 Å². The summed E-state index contributed by atoms with van der Waals surface area (Å²) in [6.45, 7) is 13.2. The number of hydrogen-bond acceptors (Lipinski definition) is 8. The molecule has 1 unspecified atom stereocenters. The number of amides is 1. The summed E-state index contributed by atoms with van der Waals surface area (Å²) in [5, 5.41) is 11.9. The molecule has 0 spiro atoms. The molecule has 10 heteroatoms. The number of rotatable bonds is 6. The molecule has 1 aliphatic heterocycles. The molecule has 1 saturated heterocycles. The lowest BCUT2D eigenvalue weighted by Crippen LogP contribution is -2.29. The van der Waals surface area contributed by atoms with E-state index in [2.05, 4.69) is 37.3 Å². The van der Waals surface area contributed by atoms with Crippen LogP contribution in [-0.4, -0.2) is 43.7 Å². The van der Waals surface area contributed by atoms with Crippen LogP contribution in [0, 0.1) is 13.8 Å². The summed E-state index contributed by atoms with van der Waals surface area (Å²) in [6.07, 6.45) is 3.19. The van der Waals surface area contributed by atoms with Gasteiger partial charge >= 0.3 is 11.9 Å². The van der Waals surface area contributed by atoms with E-state index in [9.17, 15) is 19.5 Å². The summed E-state index contributed by atoms with van der Waals surface area (Å²) in [5.41, 5.74) is 3.22. The fraction of sp³-hybridized carbons (Fsp3) is 0.258. The van der Waals surface area contributed by atoms with Crippen molar-refractivity contribution in [2.24, 2.45) is 0 Å². The maximum absolute atomic E-state index is 13.7. The molecule has 210 valence electrons. The van der Waals surface area contributed by atoms with Gasteiger partial charge in [-0.25, -0.2) is 14.8 Å². The Balaban J connectivity index is 1.72. The molecular weight excluding hydrogens is 540 g/mol. The van der Waals surface area contributed by atoms with E-state index in [1.54, 1.807) is 36.6 Å². The third kappa shape index (κ3) is 4.84. The molecule has 41 heavy (non-hydrogen) atoms. The number of aryl methyl sites for hydroxylation is 2. The van der Waals surface area contributed by atoms with E-state index in [1.165, 1.54) is 11.0 Å². The molecule has 1 amide bonds. The second-order valence-corrected chi connectivity index (χ2v) is 11.8. The number of Topliss-reactive ketones (excluding diaryl/α,β-unsaturated/α-hetero) is 1. The lowest BCUT2D eigenvalue weighted by atomic mass is 9.85. The largest absolute Gasteiger partial charge is 0.505 e. The van der Waals surface area contributed by atoms with Gasteiger partial charge < -0.3 is 9.84 Å². The summed E-state index contributed by atoms with van der Waals surface area (Å²) in [5.74, 6) is -2.66. The summed E-state index contributed by atoms with van der Waals surface area (Å²) in [4.78, 5) is 50.4. The van der Waals surface area contributed by atoms with Gasteiger partial charge in [0, 0.05) is 6.20 Å². The van der Waals surface area contributed by atoms with Crippen molar-refractivity contribution in [1.29, 1.82) is 0 Å². The van der Waals surface area contributed by atoms with Crippen molar-refractivity contribution in [3.05, 3.63) is 100.0 Å². The second-order valence-electron chi connectivity index (χ2n) is 10.8. The molecule has 1 aliphatic rings. The number of esters is 1. The quantitative estimate of drug-likeness (QED) is 0.104. The molecule has 4 heterocycles. The molecule has 1 fully saturated rings. The Morgan fingerprint density at radius 3 is 2.46 bits per heavy atom. The number of aliphatic hydroxyl groups is 1. The van der Waals surface area contributed by atoms with E-state index >= 15 is 0 Å². The molecule has 3 aromatic heterocycles. The number of imidazole rings is 1. The van der Waals surface area contributed by atoms with Crippen LogP contribution < -0.4 is 4.90 Å². The van der Waals surface area contributed by atoms with E-state index in [1.807, 2.05) is 30.3 Å². The highest BCUT2D eigenvalue weighted by atomic mass is 32.1. The van der Waals surface area contributed by atoms with Gasteiger partial charge in [0.2, 0.25) is 0 Å². The smallest absolute Gasteiger partial charge is 0.350 e. The van der Waals surface area contributed by atoms with Crippen LogP contribution >= 0.6 is 11.3 Å². The molecule has 4 aromatic rings. The van der Waals surface area contributed by atoms with Gasteiger partial charge in [-0.3, -0.25) is 18.9 Å². The number of aliphatic hydroxyl groups excluding tert-OH is 1. The number of thiazole rings is 1. The normalized spacial score (nSPS) is 16.9. The first-order valence-corrected chi connectivity index (χ1v) is 13.9. The predicted octanol–water partition coefficient (Wildman–Crippen LogP) is 5.67. The van der Waals surface area contributed by atoms with Crippen molar-refractivity contribution in [3.8, 4) is 0 Å². The molecule has 0 saturated carbocycles. The highest BCUT2D eigenvalue weighted by molar-refractivity contribution is 7.17. The molecule has 1 atom stereocenters.